The molecular weight excluding hydrogens is 335 g/mol. The first-order valence-corrected chi connectivity index (χ1v) is 8.50. The van der Waals surface area contributed by atoms with E-state index in [1.165, 1.54) is 10.9 Å². The summed E-state index contributed by atoms with van der Waals surface area (Å²) in [4.78, 5) is 12.2. The van der Waals surface area contributed by atoms with Crippen LogP contribution in [0.4, 0.5) is 4.79 Å². The normalized spacial score (nSPS) is 13.1. The molecule has 0 atom stereocenters. The third-order valence-electron chi connectivity index (χ3n) is 4.32. The summed E-state index contributed by atoms with van der Waals surface area (Å²) in [5, 5.41) is 25.3. The highest BCUT2D eigenvalue weighted by molar-refractivity contribution is 6.60. The predicted molar refractivity (Wildman–Crippen MR) is 100 cm³/mol. The van der Waals surface area contributed by atoms with Crippen LogP contribution in [0.2, 0.25) is 0 Å². The molecule has 1 heterocycles. The van der Waals surface area contributed by atoms with Crippen LogP contribution in [0.1, 0.15) is 48.5 Å². The molecule has 0 radical (unpaired) electrons. The average Bonchev–Trinajstić information content (AvgIpc) is 2.86. The zero-order valence-electron chi connectivity index (χ0n) is 16.4. The van der Waals surface area contributed by atoms with E-state index in [4.69, 9.17) is 9.39 Å². The maximum atomic E-state index is 12.2. The lowest BCUT2D eigenvalue weighted by Crippen LogP contribution is -2.53. The fraction of sp³-hybridized carbons (Fsp3) is 0.556. The van der Waals surface area contributed by atoms with Crippen LogP contribution in [0.3, 0.4) is 0 Å². The van der Waals surface area contributed by atoms with Crippen molar-refractivity contribution in [3.63, 3.8) is 0 Å². The molecule has 2 aromatic rings. The van der Waals surface area contributed by atoms with E-state index in [2.05, 4.69) is 5.10 Å². The van der Waals surface area contributed by atoms with Crippen molar-refractivity contribution >= 4 is 29.6 Å². The Morgan fingerprint density at radius 3 is 2.31 bits per heavy atom. The van der Waals surface area contributed by atoms with Gasteiger partial charge in [0.15, 0.2) is 0 Å². The van der Waals surface area contributed by atoms with E-state index in [0.29, 0.717) is 16.4 Å². The first-order valence-electron chi connectivity index (χ1n) is 8.50. The van der Waals surface area contributed by atoms with E-state index in [1.54, 1.807) is 66.7 Å². The molecular formula is C18H27BN2O5. The standard InChI is InChI=1S/C18H27BN2O5/c1-16(2,3)25-15(22)21-14-9-8-13(10-12(14)11-20-21)19(24)26-18(6,7)17(4,5)23/h8-11,23-24H,1-7H3. The maximum Gasteiger partial charge on any atom is 0.491 e. The second-order valence-corrected chi connectivity index (χ2v) is 8.39. The molecule has 1 aromatic carbocycles. The first kappa shape index (κ1) is 20.4. The summed E-state index contributed by atoms with van der Waals surface area (Å²) in [6.07, 6.45) is 0.955. The van der Waals surface area contributed by atoms with Crippen LogP contribution >= 0.6 is 0 Å². The van der Waals surface area contributed by atoms with Gasteiger partial charge in [0.25, 0.3) is 0 Å². The zero-order valence-corrected chi connectivity index (χ0v) is 16.4. The summed E-state index contributed by atoms with van der Waals surface area (Å²) in [7, 11) is -1.23. The monoisotopic (exact) mass is 362 g/mol. The number of benzene rings is 1. The fourth-order valence-electron chi connectivity index (χ4n) is 2.15. The molecule has 0 saturated carbocycles. The number of aliphatic hydroxyl groups is 1. The second-order valence-electron chi connectivity index (χ2n) is 8.39. The Balaban J connectivity index is 2.27. The Kier molecular flexibility index (Phi) is 5.25. The van der Waals surface area contributed by atoms with Crippen LogP contribution in [0.15, 0.2) is 24.4 Å². The number of hydrogen-bond donors (Lipinski definition) is 2. The Morgan fingerprint density at radius 1 is 1.15 bits per heavy atom. The first-order chi connectivity index (χ1) is 11.7. The van der Waals surface area contributed by atoms with Crippen LogP contribution in [0.5, 0.6) is 0 Å². The maximum absolute atomic E-state index is 12.2. The average molecular weight is 362 g/mol. The number of carbonyl (C=O) groups excluding carboxylic acids is 1. The van der Waals surface area contributed by atoms with Gasteiger partial charge >= 0.3 is 13.2 Å². The minimum atomic E-state index is -1.23. The number of aromatic nitrogens is 2. The summed E-state index contributed by atoms with van der Waals surface area (Å²) in [5.41, 5.74) is -1.67. The smallest absolute Gasteiger partial charge is 0.442 e. The molecule has 2 rings (SSSR count). The van der Waals surface area contributed by atoms with Crippen LogP contribution in [-0.4, -0.2) is 49.9 Å². The van der Waals surface area contributed by atoms with Crippen LogP contribution in [-0.2, 0) is 9.39 Å². The lowest BCUT2D eigenvalue weighted by molar-refractivity contribution is -0.0982. The second kappa shape index (κ2) is 6.68. The Bertz CT molecular complexity index is 802. The summed E-state index contributed by atoms with van der Waals surface area (Å²) in [5.74, 6) is 0. The lowest BCUT2D eigenvalue weighted by Gasteiger charge is -2.38. The Hall–Kier alpha value is -1.90. The molecule has 0 saturated heterocycles. The van der Waals surface area contributed by atoms with Gasteiger partial charge in [-0.2, -0.15) is 9.78 Å². The van der Waals surface area contributed by atoms with Gasteiger partial charge in [-0.1, -0.05) is 12.1 Å². The molecule has 2 N–H and O–H groups in total. The Labute approximate surface area is 154 Å². The van der Waals surface area contributed by atoms with Crippen molar-refractivity contribution in [2.75, 3.05) is 0 Å². The molecule has 7 nitrogen and oxygen atoms in total. The molecule has 0 bridgehead atoms. The number of rotatable bonds is 4. The van der Waals surface area contributed by atoms with Crippen LogP contribution < -0.4 is 5.46 Å². The quantitative estimate of drug-likeness (QED) is 0.809. The third kappa shape index (κ3) is 4.44. The molecule has 0 unspecified atom stereocenters. The van der Waals surface area contributed by atoms with Crippen molar-refractivity contribution in [2.45, 2.75) is 65.3 Å². The molecule has 142 valence electrons. The van der Waals surface area contributed by atoms with Crippen LogP contribution in [0, 0.1) is 0 Å². The van der Waals surface area contributed by atoms with Crippen molar-refractivity contribution < 1.29 is 24.3 Å². The summed E-state index contributed by atoms with van der Waals surface area (Å²) in [6.45, 7) is 12.0. The Morgan fingerprint density at radius 2 is 1.77 bits per heavy atom. The fourth-order valence-corrected chi connectivity index (χ4v) is 2.15. The van der Waals surface area contributed by atoms with Gasteiger partial charge in [-0.3, -0.25) is 0 Å². The summed E-state index contributed by atoms with van der Waals surface area (Å²) >= 11 is 0. The molecule has 26 heavy (non-hydrogen) atoms. The van der Waals surface area contributed by atoms with Gasteiger partial charge in [-0.05, 0) is 60.0 Å². The van der Waals surface area contributed by atoms with Gasteiger partial charge in [0, 0.05) is 5.39 Å². The number of fused-ring (bicyclic) bond motifs is 1. The van der Waals surface area contributed by atoms with Gasteiger partial charge in [-0.25, -0.2) is 4.79 Å². The molecule has 0 aliphatic heterocycles. The van der Waals surface area contributed by atoms with E-state index in [9.17, 15) is 14.9 Å². The SMILES string of the molecule is CC(C)(C)OC(=O)n1ncc2cc(B(O)OC(C)(C)C(C)(C)O)ccc21. The van der Waals surface area contributed by atoms with E-state index < -0.39 is 30.0 Å². The minimum absolute atomic E-state index is 0.499. The lowest BCUT2D eigenvalue weighted by atomic mass is 9.76. The van der Waals surface area contributed by atoms with Crippen molar-refractivity contribution in [1.29, 1.82) is 0 Å². The molecule has 0 amide bonds. The van der Waals surface area contributed by atoms with E-state index in [1.807, 2.05) is 0 Å². The minimum Gasteiger partial charge on any atom is -0.442 e. The van der Waals surface area contributed by atoms with Gasteiger partial charge in [0.1, 0.15) is 5.60 Å². The van der Waals surface area contributed by atoms with E-state index >= 15 is 0 Å². The van der Waals surface area contributed by atoms with Gasteiger partial charge in [0.05, 0.1) is 22.9 Å². The van der Waals surface area contributed by atoms with E-state index in [-0.39, 0.29) is 0 Å². The van der Waals surface area contributed by atoms with Gasteiger partial charge < -0.3 is 19.5 Å². The predicted octanol–water partition coefficient (Wildman–Crippen LogP) is 2.07. The van der Waals surface area contributed by atoms with Gasteiger partial charge in [-0.15, -0.1) is 0 Å². The summed E-state index contributed by atoms with van der Waals surface area (Å²) in [6, 6.07) is 5.01. The number of nitrogens with zero attached hydrogens (tertiary/aromatic N) is 2. The number of hydrogen-bond acceptors (Lipinski definition) is 6. The molecule has 0 aliphatic rings. The van der Waals surface area contributed by atoms with Crippen molar-refractivity contribution in [3.8, 4) is 0 Å². The molecule has 0 spiro atoms. The van der Waals surface area contributed by atoms with Crippen LogP contribution in [0.25, 0.3) is 10.9 Å². The molecule has 1 aromatic heterocycles. The largest absolute Gasteiger partial charge is 0.491 e. The highest BCUT2D eigenvalue weighted by atomic mass is 16.6. The zero-order chi connectivity index (χ0) is 19.9. The summed E-state index contributed by atoms with van der Waals surface area (Å²) < 4.78 is 12.2. The molecule has 8 heteroatoms. The van der Waals surface area contributed by atoms with E-state index in [0.717, 1.165) is 0 Å². The third-order valence-corrected chi connectivity index (χ3v) is 4.32. The van der Waals surface area contributed by atoms with Crippen molar-refractivity contribution in [2.24, 2.45) is 0 Å². The van der Waals surface area contributed by atoms with Crippen molar-refractivity contribution in [1.82, 2.24) is 9.78 Å². The topological polar surface area (TPSA) is 93.8 Å². The van der Waals surface area contributed by atoms with Crippen molar-refractivity contribution in [3.05, 3.63) is 24.4 Å². The number of carbonyl (C=O) groups is 1. The van der Waals surface area contributed by atoms with Gasteiger partial charge in [0.2, 0.25) is 0 Å². The molecule has 0 fully saturated rings. The highest BCUT2D eigenvalue weighted by Gasteiger charge is 2.39. The number of ether oxygens (including phenoxy) is 1. The molecule has 0 aliphatic carbocycles. The highest BCUT2D eigenvalue weighted by Crippen LogP contribution is 2.25.